The Morgan fingerprint density at radius 2 is 1.74 bits per heavy atom. The first kappa shape index (κ1) is 14.0. The fourth-order valence-electron chi connectivity index (χ4n) is 2.60. The number of nitrogens with two attached hydrogens (primary N) is 1. The zero-order valence-corrected chi connectivity index (χ0v) is 11.4. The van der Waals surface area contributed by atoms with Gasteiger partial charge in [0.15, 0.2) is 0 Å². The van der Waals surface area contributed by atoms with Gasteiger partial charge in [-0.25, -0.2) is 4.39 Å². The van der Waals surface area contributed by atoms with E-state index >= 15 is 0 Å². The predicted molar refractivity (Wildman–Crippen MR) is 79.0 cm³/mol. The van der Waals surface area contributed by atoms with Gasteiger partial charge in [-0.15, -0.1) is 12.4 Å². The standard InChI is InChI=1S/C16H16FN.ClH/c17-13-7-5-11(6-8-13)14-3-1-2-4-15(14)16-9-12(16)10-18;/h1-8,12,16H,9-10,18H2;1H/t12-,16+;/m0./s1. The molecule has 2 N–H and O–H groups in total. The molecule has 2 atom stereocenters. The van der Waals surface area contributed by atoms with Crippen LogP contribution in [0.5, 0.6) is 0 Å². The molecule has 3 rings (SSSR count). The van der Waals surface area contributed by atoms with Gasteiger partial charge in [-0.2, -0.15) is 0 Å². The highest BCUT2D eigenvalue weighted by molar-refractivity contribution is 5.85. The minimum atomic E-state index is -0.192. The van der Waals surface area contributed by atoms with Crippen molar-refractivity contribution in [1.29, 1.82) is 0 Å². The van der Waals surface area contributed by atoms with E-state index in [0.29, 0.717) is 11.8 Å². The molecule has 0 radical (unpaired) electrons. The molecule has 0 amide bonds. The van der Waals surface area contributed by atoms with E-state index in [0.717, 1.165) is 12.1 Å². The summed E-state index contributed by atoms with van der Waals surface area (Å²) < 4.78 is 13.0. The maximum absolute atomic E-state index is 13.0. The summed E-state index contributed by atoms with van der Waals surface area (Å²) in [5.74, 6) is 1.00. The van der Waals surface area contributed by atoms with E-state index in [4.69, 9.17) is 5.73 Å². The van der Waals surface area contributed by atoms with E-state index in [-0.39, 0.29) is 18.2 Å². The van der Waals surface area contributed by atoms with Crippen molar-refractivity contribution in [3.05, 3.63) is 59.9 Å². The van der Waals surface area contributed by atoms with E-state index in [2.05, 4.69) is 18.2 Å². The Morgan fingerprint density at radius 3 is 2.37 bits per heavy atom. The maximum atomic E-state index is 13.0. The number of halogens is 2. The fraction of sp³-hybridized carbons (Fsp3) is 0.250. The summed E-state index contributed by atoms with van der Waals surface area (Å²) in [6, 6.07) is 15.1. The van der Waals surface area contributed by atoms with Gasteiger partial charge in [0.25, 0.3) is 0 Å². The average Bonchev–Trinajstić information content (AvgIpc) is 3.19. The van der Waals surface area contributed by atoms with Crippen LogP contribution in [0.15, 0.2) is 48.5 Å². The third kappa shape index (κ3) is 2.80. The van der Waals surface area contributed by atoms with Gasteiger partial charge in [-0.1, -0.05) is 36.4 Å². The zero-order chi connectivity index (χ0) is 12.5. The van der Waals surface area contributed by atoms with Crippen LogP contribution in [0, 0.1) is 11.7 Å². The lowest BCUT2D eigenvalue weighted by atomic mass is 9.96. The van der Waals surface area contributed by atoms with Crippen molar-refractivity contribution in [3.63, 3.8) is 0 Å². The summed E-state index contributed by atoms with van der Waals surface area (Å²) in [6.45, 7) is 0.752. The van der Waals surface area contributed by atoms with Crippen molar-refractivity contribution in [2.24, 2.45) is 11.7 Å². The van der Waals surface area contributed by atoms with Crippen LogP contribution in [0.1, 0.15) is 17.9 Å². The fourth-order valence-corrected chi connectivity index (χ4v) is 2.60. The van der Waals surface area contributed by atoms with Crippen molar-refractivity contribution < 1.29 is 4.39 Å². The van der Waals surface area contributed by atoms with Crippen LogP contribution >= 0.6 is 12.4 Å². The molecule has 1 aliphatic rings. The van der Waals surface area contributed by atoms with Crippen molar-refractivity contribution in [1.82, 2.24) is 0 Å². The molecule has 0 aliphatic heterocycles. The van der Waals surface area contributed by atoms with Crippen LogP contribution in [0.2, 0.25) is 0 Å². The summed E-state index contributed by atoms with van der Waals surface area (Å²) in [5.41, 5.74) is 9.35. The van der Waals surface area contributed by atoms with Crippen molar-refractivity contribution in [3.8, 4) is 11.1 Å². The van der Waals surface area contributed by atoms with Crippen molar-refractivity contribution in [2.75, 3.05) is 6.54 Å². The SMILES string of the molecule is Cl.NC[C@@H]1C[C@H]1c1ccccc1-c1ccc(F)cc1. The van der Waals surface area contributed by atoms with E-state index < -0.39 is 0 Å². The molecule has 1 saturated carbocycles. The third-order valence-electron chi connectivity index (χ3n) is 3.74. The molecular formula is C16H17ClFN. The van der Waals surface area contributed by atoms with Gasteiger partial charge in [-0.3, -0.25) is 0 Å². The second-order valence-electron chi connectivity index (χ2n) is 4.93. The minimum absolute atomic E-state index is 0. The Balaban J connectivity index is 0.00000133. The van der Waals surface area contributed by atoms with E-state index in [1.807, 2.05) is 18.2 Å². The molecular weight excluding hydrogens is 261 g/mol. The smallest absolute Gasteiger partial charge is 0.123 e. The number of benzene rings is 2. The normalized spacial score (nSPS) is 20.7. The Hall–Kier alpha value is -1.38. The Bertz CT molecular complexity index is 553. The first-order valence-electron chi connectivity index (χ1n) is 6.34. The quantitative estimate of drug-likeness (QED) is 0.902. The highest BCUT2D eigenvalue weighted by Crippen LogP contribution is 2.49. The van der Waals surface area contributed by atoms with Crippen LogP contribution < -0.4 is 5.73 Å². The molecule has 0 aromatic heterocycles. The lowest BCUT2D eigenvalue weighted by Gasteiger charge is -2.09. The lowest BCUT2D eigenvalue weighted by Crippen LogP contribution is -2.02. The predicted octanol–water partition coefficient (Wildman–Crippen LogP) is 3.98. The molecule has 19 heavy (non-hydrogen) atoms. The number of hydrogen-bond acceptors (Lipinski definition) is 1. The molecule has 0 bridgehead atoms. The molecule has 1 aliphatic carbocycles. The summed E-state index contributed by atoms with van der Waals surface area (Å²) in [6.07, 6.45) is 1.18. The monoisotopic (exact) mass is 277 g/mol. The molecule has 2 aromatic rings. The summed E-state index contributed by atoms with van der Waals surface area (Å²) in [4.78, 5) is 0. The van der Waals surface area contributed by atoms with Crippen LogP contribution in [0.3, 0.4) is 0 Å². The average molecular weight is 278 g/mol. The Labute approximate surface area is 119 Å². The van der Waals surface area contributed by atoms with Crippen LogP contribution in [0.4, 0.5) is 4.39 Å². The van der Waals surface area contributed by atoms with Crippen LogP contribution in [-0.2, 0) is 0 Å². The number of hydrogen-bond donors (Lipinski definition) is 1. The van der Waals surface area contributed by atoms with E-state index in [1.165, 1.54) is 29.7 Å². The number of rotatable bonds is 3. The molecule has 0 spiro atoms. The molecule has 0 unspecified atom stereocenters. The highest BCUT2D eigenvalue weighted by Gasteiger charge is 2.38. The molecule has 0 heterocycles. The molecule has 1 nitrogen and oxygen atoms in total. The topological polar surface area (TPSA) is 26.0 Å². The van der Waals surface area contributed by atoms with Gasteiger partial charge < -0.3 is 5.73 Å². The van der Waals surface area contributed by atoms with Crippen molar-refractivity contribution >= 4 is 12.4 Å². The molecule has 2 aromatic carbocycles. The van der Waals surface area contributed by atoms with Crippen LogP contribution in [0.25, 0.3) is 11.1 Å². The highest BCUT2D eigenvalue weighted by atomic mass is 35.5. The van der Waals surface area contributed by atoms with E-state index in [9.17, 15) is 4.39 Å². The second kappa shape index (κ2) is 5.72. The maximum Gasteiger partial charge on any atom is 0.123 e. The first-order valence-corrected chi connectivity index (χ1v) is 6.34. The Kier molecular flexibility index (Phi) is 4.23. The van der Waals surface area contributed by atoms with Gasteiger partial charge in [0, 0.05) is 0 Å². The van der Waals surface area contributed by atoms with Gasteiger partial charge in [0.1, 0.15) is 5.82 Å². The molecule has 100 valence electrons. The molecule has 3 heteroatoms. The zero-order valence-electron chi connectivity index (χ0n) is 10.6. The van der Waals surface area contributed by atoms with Gasteiger partial charge >= 0.3 is 0 Å². The lowest BCUT2D eigenvalue weighted by molar-refractivity contribution is 0.628. The molecule has 1 fully saturated rings. The second-order valence-corrected chi connectivity index (χ2v) is 4.93. The van der Waals surface area contributed by atoms with Gasteiger partial charge in [0.05, 0.1) is 0 Å². The summed E-state index contributed by atoms with van der Waals surface area (Å²) in [5, 5.41) is 0. The first-order chi connectivity index (χ1) is 8.79. The van der Waals surface area contributed by atoms with Crippen LogP contribution in [-0.4, -0.2) is 6.54 Å². The minimum Gasteiger partial charge on any atom is -0.330 e. The summed E-state index contributed by atoms with van der Waals surface area (Å²) in [7, 11) is 0. The van der Waals surface area contributed by atoms with Gasteiger partial charge in [0.2, 0.25) is 0 Å². The van der Waals surface area contributed by atoms with E-state index in [1.54, 1.807) is 0 Å². The largest absolute Gasteiger partial charge is 0.330 e. The summed E-state index contributed by atoms with van der Waals surface area (Å²) >= 11 is 0. The van der Waals surface area contributed by atoms with Crippen molar-refractivity contribution in [2.45, 2.75) is 12.3 Å². The molecule has 0 saturated heterocycles. The third-order valence-corrected chi connectivity index (χ3v) is 3.74. The van der Waals surface area contributed by atoms with Gasteiger partial charge in [-0.05, 0) is 53.6 Å². The Morgan fingerprint density at radius 1 is 1.05 bits per heavy atom.